The first kappa shape index (κ1) is 16.2. The number of Topliss-reactive ketones (excluding diaryl/α,β-unsaturated/α-hetero) is 2. The van der Waals surface area contributed by atoms with Gasteiger partial charge in [-0.3, -0.25) is 14.4 Å². The highest BCUT2D eigenvalue weighted by Gasteiger charge is 2.61. The SMILES string of the molecule is CC(=O)[C@H]1CC[C@H]2[C@@H]3C(=O)C=C4CC(=O)CC[C@]4(C)[C@H]3CC[C@]12C. The van der Waals surface area contributed by atoms with Gasteiger partial charge in [0.2, 0.25) is 0 Å². The number of carbonyl (C=O) groups excluding carboxylic acids is 3. The minimum atomic E-state index is -0.00511. The maximum absolute atomic E-state index is 13.0. The molecule has 4 aliphatic carbocycles. The number of rotatable bonds is 1. The Kier molecular flexibility index (Phi) is 3.47. The minimum Gasteiger partial charge on any atom is -0.300 e. The topological polar surface area (TPSA) is 51.2 Å². The first-order valence-electron chi connectivity index (χ1n) is 9.54. The van der Waals surface area contributed by atoms with Crippen LogP contribution in [0.1, 0.15) is 65.7 Å². The second kappa shape index (κ2) is 5.12. The molecule has 0 aliphatic heterocycles. The van der Waals surface area contributed by atoms with Crippen molar-refractivity contribution < 1.29 is 14.4 Å². The zero-order chi connectivity index (χ0) is 17.3. The molecule has 4 rings (SSSR count). The van der Waals surface area contributed by atoms with Crippen LogP contribution in [-0.2, 0) is 14.4 Å². The van der Waals surface area contributed by atoms with Crippen molar-refractivity contribution in [1.29, 1.82) is 0 Å². The maximum atomic E-state index is 13.0. The van der Waals surface area contributed by atoms with E-state index in [1.165, 1.54) is 0 Å². The second-order valence-electron chi connectivity index (χ2n) is 9.23. The van der Waals surface area contributed by atoms with E-state index >= 15 is 0 Å². The van der Waals surface area contributed by atoms with Crippen LogP contribution >= 0.6 is 0 Å². The number of allylic oxidation sites excluding steroid dienone is 2. The molecule has 0 spiro atoms. The molecule has 0 N–H and O–H groups in total. The largest absolute Gasteiger partial charge is 0.300 e. The van der Waals surface area contributed by atoms with Crippen LogP contribution in [0.25, 0.3) is 0 Å². The average molecular weight is 328 g/mol. The third-order valence-corrected chi connectivity index (χ3v) is 8.27. The number of hydrogen-bond donors (Lipinski definition) is 0. The Hall–Kier alpha value is -1.25. The van der Waals surface area contributed by atoms with Gasteiger partial charge in [0.1, 0.15) is 11.6 Å². The molecule has 0 amide bonds. The molecule has 6 atom stereocenters. The van der Waals surface area contributed by atoms with E-state index in [2.05, 4.69) is 13.8 Å². The third-order valence-electron chi connectivity index (χ3n) is 8.27. The fraction of sp³-hybridized carbons (Fsp3) is 0.762. The second-order valence-corrected chi connectivity index (χ2v) is 9.23. The summed E-state index contributed by atoms with van der Waals surface area (Å²) < 4.78 is 0. The first-order valence-corrected chi connectivity index (χ1v) is 9.54. The molecule has 0 bridgehead atoms. The Labute approximate surface area is 144 Å². The summed E-state index contributed by atoms with van der Waals surface area (Å²) in [6.07, 6.45) is 7.87. The smallest absolute Gasteiger partial charge is 0.159 e. The fourth-order valence-electron chi connectivity index (χ4n) is 6.89. The highest BCUT2D eigenvalue weighted by Crippen LogP contribution is 2.65. The Balaban J connectivity index is 1.74. The Morgan fingerprint density at radius 3 is 2.54 bits per heavy atom. The van der Waals surface area contributed by atoms with Crippen molar-refractivity contribution in [2.24, 2.45) is 34.5 Å². The summed E-state index contributed by atoms with van der Waals surface area (Å²) in [5.41, 5.74) is 1.10. The highest BCUT2D eigenvalue weighted by molar-refractivity contribution is 5.96. The van der Waals surface area contributed by atoms with Gasteiger partial charge in [-0.25, -0.2) is 0 Å². The Morgan fingerprint density at radius 1 is 1.08 bits per heavy atom. The minimum absolute atomic E-state index is 0.00511. The molecule has 0 aromatic heterocycles. The van der Waals surface area contributed by atoms with Crippen LogP contribution in [0.2, 0.25) is 0 Å². The van der Waals surface area contributed by atoms with Crippen LogP contribution in [0.15, 0.2) is 11.6 Å². The van der Waals surface area contributed by atoms with Crippen molar-refractivity contribution in [3.05, 3.63) is 11.6 Å². The van der Waals surface area contributed by atoms with Gasteiger partial charge in [-0.1, -0.05) is 19.4 Å². The summed E-state index contributed by atoms with van der Waals surface area (Å²) in [4.78, 5) is 37.1. The van der Waals surface area contributed by atoms with Crippen LogP contribution < -0.4 is 0 Å². The summed E-state index contributed by atoms with van der Waals surface area (Å²) in [6, 6.07) is 0. The van der Waals surface area contributed by atoms with Gasteiger partial charge in [0.05, 0.1) is 0 Å². The molecular formula is C21H28O3. The van der Waals surface area contributed by atoms with E-state index in [9.17, 15) is 14.4 Å². The predicted molar refractivity (Wildman–Crippen MR) is 91.3 cm³/mol. The van der Waals surface area contributed by atoms with E-state index in [1.54, 1.807) is 6.92 Å². The van der Waals surface area contributed by atoms with Gasteiger partial charge in [0.25, 0.3) is 0 Å². The van der Waals surface area contributed by atoms with Crippen LogP contribution in [0.3, 0.4) is 0 Å². The molecule has 130 valence electrons. The van der Waals surface area contributed by atoms with Gasteiger partial charge in [-0.05, 0) is 67.8 Å². The van der Waals surface area contributed by atoms with E-state index in [1.807, 2.05) is 6.08 Å². The van der Waals surface area contributed by atoms with Crippen LogP contribution in [-0.4, -0.2) is 17.3 Å². The highest BCUT2D eigenvalue weighted by atomic mass is 16.1. The molecule has 24 heavy (non-hydrogen) atoms. The van der Waals surface area contributed by atoms with Crippen molar-refractivity contribution in [3.8, 4) is 0 Å². The molecule has 3 nitrogen and oxygen atoms in total. The zero-order valence-electron chi connectivity index (χ0n) is 15.1. The molecule has 4 aliphatic rings. The van der Waals surface area contributed by atoms with Crippen molar-refractivity contribution >= 4 is 17.3 Å². The zero-order valence-corrected chi connectivity index (χ0v) is 15.1. The maximum Gasteiger partial charge on any atom is 0.159 e. The van der Waals surface area contributed by atoms with Gasteiger partial charge in [0, 0.05) is 24.7 Å². The number of carbonyl (C=O) groups is 3. The number of ketones is 3. The summed E-state index contributed by atoms with van der Waals surface area (Å²) in [7, 11) is 0. The third kappa shape index (κ3) is 1.99. The summed E-state index contributed by atoms with van der Waals surface area (Å²) in [6.45, 7) is 6.26. The standard InChI is InChI=1S/C21H28O3/c1-12(22)15-4-5-16-19-17(7-9-21(15,16)3)20(2)8-6-14(23)10-13(20)11-18(19)24/h11,15-17,19H,4-10H2,1-3H3/t15-,16+,17+,19+,20+,21-/m1/s1. The molecule has 0 saturated heterocycles. The molecule has 3 heteroatoms. The summed E-state index contributed by atoms with van der Waals surface area (Å²) >= 11 is 0. The van der Waals surface area contributed by atoms with Gasteiger partial charge in [-0.2, -0.15) is 0 Å². The lowest BCUT2D eigenvalue weighted by Gasteiger charge is -2.56. The van der Waals surface area contributed by atoms with Crippen molar-refractivity contribution in [1.82, 2.24) is 0 Å². The molecular weight excluding hydrogens is 300 g/mol. The van der Waals surface area contributed by atoms with Crippen molar-refractivity contribution in [2.45, 2.75) is 65.7 Å². The monoisotopic (exact) mass is 328 g/mol. The average Bonchev–Trinajstić information content (AvgIpc) is 2.86. The molecule has 0 aromatic carbocycles. The molecule has 0 radical (unpaired) electrons. The predicted octanol–water partition coefficient (Wildman–Crippen LogP) is 3.90. The molecule has 3 fully saturated rings. The number of hydrogen-bond acceptors (Lipinski definition) is 3. The lowest BCUT2D eigenvalue weighted by atomic mass is 9.47. The Morgan fingerprint density at radius 2 is 1.83 bits per heavy atom. The van der Waals surface area contributed by atoms with Crippen molar-refractivity contribution in [2.75, 3.05) is 0 Å². The lowest BCUT2D eigenvalue weighted by molar-refractivity contribution is -0.139. The van der Waals surface area contributed by atoms with Gasteiger partial charge in [-0.15, -0.1) is 0 Å². The van der Waals surface area contributed by atoms with Gasteiger partial charge in [0.15, 0.2) is 5.78 Å². The molecule has 0 aromatic rings. The quantitative estimate of drug-likeness (QED) is 0.733. The number of fused-ring (bicyclic) bond motifs is 5. The molecule has 0 unspecified atom stereocenters. The fourth-order valence-corrected chi connectivity index (χ4v) is 6.89. The van der Waals surface area contributed by atoms with E-state index in [4.69, 9.17) is 0 Å². The normalized spacial score (nSPS) is 47.5. The van der Waals surface area contributed by atoms with Crippen LogP contribution in [0.5, 0.6) is 0 Å². The van der Waals surface area contributed by atoms with Crippen molar-refractivity contribution in [3.63, 3.8) is 0 Å². The van der Waals surface area contributed by atoms with Gasteiger partial charge < -0.3 is 0 Å². The van der Waals surface area contributed by atoms with E-state index in [0.717, 1.165) is 37.7 Å². The summed E-state index contributed by atoms with van der Waals surface area (Å²) in [5.74, 6) is 1.71. The molecule has 3 saturated carbocycles. The van der Waals surface area contributed by atoms with Gasteiger partial charge >= 0.3 is 0 Å². The van der Waals surface area contributed by atoms with Crippen LogP contribution in [0, 0.1) is 34.5 Å². The Bertz CT molecular complexity index is 660. The first-order chi connectivity index (χ1) is 11.3. The lowest BCUT2D eigenvalue weighted by Crippen LogP contribution is -2.53. The summed E-state index contributed by atoms with van der Waals surface area (Å²) in [5, 5.41) is 0. The van der Waals surface area contributed by atoms with E-state index < -0.39 is 0 Å². The molecule has 0 heterocycles. The van der Waals surface area contributed by atoms with Crippen LogP contribution in [0.4, 0.5) is 0 Å². The van der Waals surface area contributed by atoms with E-state index in [0.29, 0.717) is 30.5 Å². The van der Waals surface area contributed by atoms with E-state index in [-0.39, 0.29) is 34.2 Å².